The van der Waals surface area contributed by atoms with Crippen molar-refractivity contribution in [3.63, 3.8) is 0 Å². The first-order valence-corrected chi connectivity index (χ1v) is 12.4. The van der Waals surface area contributed by atoms with E-state index in [0.717, 1.165) is 48.9 Å². The third kappa shape index (κ3) is 6.01. The van der Waals surface area contributed by atoms with Crippen LogP contribution in [-0.2, 0) is 18.4 Å². The van der Waals surface area contributed by atoms with Crippen molar-refractivity contribution < 1.29 is 18.4 Å². The fraction of sp³-hybridized carbons (Fsp3) is 0.250. The third-order valence-electron chi connectivity index (χ3n) is 5.54. The number of aryl methyl sites for hydroxylation is 6. The minimum atomic E-state index is -4.60. The molecule has 0 aromatic heterocycles. The first-order chi connectivity index (χ1) is 16.4. The molecule has 10 nitrogen and oxygen atoms in total. The molecule has 0 radical (unpaired) electrons. The second-order valence-corrected chi connectivity index (χ2v) is 9.78. The molecule has 35 heavy (non-hydrogen) atoms. The van der Waals surface area contributed by atoms with Crippen LogP contribution in [0.25, 0.3) is 0 Å². The molecule has 0 spiro atoms. The minimum absolute atomic E-state index is 0.492. The quantitative estimate of drug-likeness (QED) is 0.212. The second-order valence-electron chi connectivity index (χ2n) is 8.39. The monoisotopic (exact) mass is 500 g/mol. The van der Waals surface area contributed by atoms with Crippen molar-refractivity contribution in [1.82, 2.24) is 0 Å². The number of hydrogen-bond acceptors (Lipinski definition) is 10. The maximum absolute atomic E-state index is 14.0. The minimum Gasteiger partial charge on any atom is -0.222 e. The van der Waals surface area contributed by atoms with Gasteiger partial charge in [0, 0.05) is 0 Å². The molecule has 188 valence electrons. The summed E-state index contributed by atoms with van der Waals surface area (Å²) < 4.78 is 30.8. The van der Waals surface area contributed by atoms with Gasteiger partial charge in [0.05, 0.1) is 17.1 Å². The average Bonchev–Trinajstić information content (AvgIpc) is 2.72. The normalized spacial score (nSPS) is 11.5. The zero-order valence-electron chi connectivity index (χ0n) is 20.9. The summed E-state index contributed by atoms with van der Waals surface area (Å²) in [5.41, 5.74) is 6.21. The van der Waals surface area contributed by atoms with Gasteiger partial charge in [-0.25, -0.2) is 22.1 Å². The molecule has 11 heteroatoms. The number of nitrogens with two attached hydrogens (primary N) is 3. The summed E-state index contributed by atoms with van der Waals surface area (Å²) in [4.78, 5) is 0. The van der Waals surface area contributed by atoms with Gasteiger partial charge in [0.15, 0.2) is 0 Å². The lowest BCUT2D eigenvalue weighted by Crippen LogP contribution is -2.39. The highest BCUT2D eigenvalue weighted by molar-refractivity contribution is 7.48. The van der Waals surface area contributed by atoms with Crippen molar-refractivity contribution in [2.75, 3.05) is 15.5 Å². The Kier molecular flexibility index (Phi) is 8.19. The molecule has 0 amide bonds. The summed E-state index contributed by atoms with van der Waals surface area (Å²) in [6.45, 7) is 11.1. The fourth-order valence-electron chi connectivity index (χ4n) is 3.95. The number of phosphoric acid groups is 1. The van der Waals surface area contributed by atoms with E-state index in [-0.39, 0.29) is 0 Å². The molecule has 0 atom stereocenters. The average molecular weight is 501 g/mol. The topological polar surface area (TPSA) is 133 Å². The number of nitrogens with zero attached hydrogens (tertiary/aromatic N) is 3. The van der Waals surface area contributed by atoms with E-state index in [4.69, 9.17) is 31.4 Å². The Balaban J connectivity index is 1.99. The predicted molar refractivity (Wildman–Crippen MR) is 139 cm³/mol. The summed E-state index contributed by atoms with van der Waals surface area (Å²) in [5, 5.41) is 2.55. The molecular weight excluding hydrogens is 467 g/mol. The van der Waals surface area contributed by atoms with E-state index in [2.05, 4.69) is 0 Å². The van der Waals surface area contributed by atoms with Crippen LogP contribution < -0.4 is 33.0 Å². The summed E-state index contributed by atoms with van der Waals surface area (Å²) in [6, 6.07) is 16.7. The molecule has 3 aromatic carbocycles. The number of hydrogen-bond donors (Lipinski definition) is 3. The van der Waals surface area contributed by atoms with Crippen molar-refractivity contribution in [3.8, 4) is 0 Å². The summed E-state index contributed by atoms with van der Waals surface area (Å²) in [6.07, 6.45) is 0. The largest absolute Gasteiger partial charge is 0.543 e. The Morgan fingerprint density at radius 3 is 0.914 bits per heavy atom. The highest BCUT2D eigenvalue weighted by Gasteiger charge is 2.38. The van der Waals surface area contributed by atoms with E-state index >= 15 is 0 Å². The molecule has 0 bridgehead atoms. The molecule has 3 aromatic rings. The molecule has 6 N–H and O–H groups in total. The van der Waals surface area contributed by atoms with Gasteiger partial charge in [0.1, 0.15) is 0 Å². The molecule has 0 heterocycles. The van der Waals surface area contributed by atoms with Crippen LogP contribution >= 0.6 is 7.82 Å². The molecule has 3 rings (SSSR count). The lowest BCUT2D eigenvalue weighted by molar-refractivity contribution is 0.0856. The zero-order valence-corrected chi connectivity index (χ0v) is 21.7. The summed E-state index contributed by atoms with van der Waals surface area (Å²) >= 11 is 0. The van der Waals surface area contributed by atoms with E-state index in [1.165, 1.54) is 0 Å². The molecule has 0 saturated heterocycles. The van der Waals surface area contributed by atoms with E-state index in [1.54, 1.807) is 0 Å². The number of anilines is 3. The maximum atomic E-state index is 14.0. The molecule has 0 aliphatic carbocycles. The smallest absolute Gasteiger partial charge is 0.222 e. The lowest BCUT2D eigenvalue weighted by Gasteiger charge is -2.31. The highest BCUT2D eigenvalue weighted by Crippen LogP contribution is 2.53. The van der Waals surface area contributed by atoms with Crippen LogP contribution in [0.2, 0.25) is 0 Å². The number of benzene rings is 3. The first kappa shape index (κ1) is 26.7. The van der Waals surface area contributed by atoms with Crippen LogP contribution in [0.4, 0.5) is 17.1 Å². The van der Waals surface area contributed by atoms with Gasteiger partial charge in [0.2, 0.25) is 0 Å². The van der Waals surface area contributed by atoms with Crippen LogP contribution in [0.3, 0.4) is 0 Å². The maximum Gasteiger partial charge on any atom is 0.543 e. The van der Waals surface area contributed by atoms with Gasteiger partial charge in [-0.05, 0) is 74.9 Å². The molecular formula is C24H33N6O4P. The molecule has 0 saturated carbocycles. The van der Waals surface area contributed by atoms with Crippen LogP contribution in [0.5, 0.6) is 0 Å². The molecule has 0 aliphatic heterocycles. The van der Waals surface area contributed by atoms with Crippen molar-refractivity contribution >= 4 is 24.9 Å². The molecule has 0 aliphatic rings. The van der Waals surface area contributed by atoms with E-state index in [1.807, 2.05) is 96.1 Å². The Morgan fingerprint density at radius 2 is 0.714 bits per heavy atom. The summed E-state index contributed by atoms with van der Waals surface area (Å²) in [7, 11) is -4.60. The number of rotatable bonds is 9. The predicted octanol–water partition coefficient (Wildman–Crippen LogP) is 4.88. The summed E-state index contributed by atoms with van der Waals surface area (Å²) in [5.74, 6) is 18.6. The standard InChI is InChI=1S/C24H33N6O4P/c1-16-10-7-11-17(2)22(16)28(25)32-35(31,33-29(26)23-18(3)12-8-13-19(23)4)34-30(27)24-20(5)14-9-15-21(24)6/h7-15H,25-27H2,1-6H3. The Labute approximate surface area is 206 Å². The molecule has 0 fully saturated rings. The fourth-order valence-corrected chi connectivity index (χ4v) is 4.93. The van der Waals surface area contributed by atoms with Crippen LogP contribution in [0, 0.1) is 41.5 Å². The SMILES string of the molecule is Cc1cccc(C)c1N(N)OP(=O)(ON(N)c1c(C)cccc1C)ON(N)c1c(C)cccc1C. The van der Waals surface area contributed by atoms with Crippen molar-refractivity contribution in [3.05, 3.63) is 88.0 Å². The Morgan fingerprint density at radius 1 is 0.514 bits per heavy atom. The van der Waals surface area contributed by atoms with Crippen LogP contribution in [-0.4, -0.2) is 0 Å². The van der Waals surface area contributed by atoms with Crippen molar-refractivity contribution in [2.24, 2.45) is 17.5 Å². The van der Waals surface area contributed by atoms with Crippen molar-refractivity contribution in [1.29, 1.82) is 0 Å². The lowest BCUT2D eigenvalue weighted by atomic mass is 10.1. The van der Waals surface area contributed by atoms with Gasteiger partial charge in [-0.3, -0.25) is 0 Å². The van der Waals surface area contributed by atoms with Gasteiger partial charge in [-0.15, -0.1) is 13.9 Å². The Bertz CT molecular complexity index is 1040. The Hall–Kier alpha value is -2.95. The van der Waals surface area contributed by atoms with E-state index in [9.17, 15) is 4.57 Å². The number of hydrazine groups is 3. The zero-order chi connectivity index (χ0) is 25.9. The second kappa shape index (κ2) is 10.8. The van der Waals surface area contributed by atoms with Gasteiger partial charge in [-0.1, -0.05) is 54.6 Å². The van der Waals surface area contributed by atoms with Crippen LogP contribution in [0.1, 0.15) is 33.4 Å². The third-order valence-corrected chi connectivity index (χ3v) is 6.67. The molecule has 0 unspecified atom stereocenters. The first-order valence-electron chi connectivity index (χ1n) is 11.0. The van der Waals surface area contributed by atoms with E-state index in [0.29, 0.717) is 17.1 Å². The van der Waals surface area contributed by atoms with Crippen LogP contribution in [0.15, 0.2) is 54.6 Å². The van der Waals surface area contributed by atoms with Gasteiger partial charge in [-0.2, -0.15) is 15.5 Å². The van der Waals surface area contributed by atoms with Gasteiger partial charge >= 0.3 is 7.82 Å². The van der Waals surface area contributed by atoms with E-state index < -0.39 is 7.82 Å². The highest BCUT2D eigenvalue weighted by atomic mass is 31.2. The number of para-hydroxylation sites is 3. The van der Waals surface area contributed by atoms with Gasteiger partial charge < -0.3 is 0 Å². The van der Waals surface area contributed by atoms with Crippen molar-refractivity contribution in [2.45, 2.75) is 41.5 Å². The van der Waals surface area contributed by atoms with Gasteiger partial charge in [0.25, 0.3) is 0 Å².